The number of nitrogens with zero attached hydrogens (tertiary/aromatic N) is 5. The maximum atomic E-state index is 12.9. The molecular formula is C20H19N5OS2. The molecule has 0 aliphatic carbocycles. The van der Waals surface area contributed by atoms with Crippen molar-refractivity contribution in [2.45, 2.75) is 13.3 Å². The van der Waals surface area contributed by atoms with Crippen molar-refractivity contribution in [2.24, 2.45) is 0 Å². The van der Waals surface area contributed by atoms with Crippen LogP contribution in [-0.4, -0.2) is 50.7 Å². The van der Waals surface area contributed by atoms with Crippen LogP contribution in [0.2, 0.25) is 0 Å². The summed E-state index contributed by atoms with van der Waals surface area (Å²) >= 11 is 2.91. The summed E-state index contributed by atoms with van der Waals surface area (Å²) in [7, 11) is 0. The van der Waals surface area contributed by atoms with E-state index in [9.17, 15) is 4.79 Å². The van der Waals surface area contributed by atoms with Gasteiger partial charge in [0.1, 0.15) is 11.0 Å². The molecule has 1 saturated heterocycles. The minimum absolute atomic E-state index is 0.0615. The van der Waals surface area contributed by atoms with E-state index in [0.29, 0.717) is 18.7 Å². The molecule has 142 valence electrons. The van der Waals surface area contributed by atoms with Crippen molar-refractivity contribution in [3.8, 4) is 0 Å². The van der Waals surface area contributed by atoms with Crippen molar-refractivity contribution in [3.63, 3.8) is 0 Å². The second-order valence-electron chi connectivity index (χ2n) is 6.90. The van der Waals surface area contributed by atoms with Crippen molar-refractivity contribution < 1.29 is 4.79 Å². The van der Waals surface area contributed by atoms with Crippen LogP contribution < -0.4 is 4.90 Å². The Kier molecular flexibility index (Phi) is 4.44. The lowest BCUT2D eigenvalue weighted by Gasteiger charge is -2.34. The number of carbonyl (C=O) groups is 1. The molecule has 28 heavy (non-hydrogen) atoms. The van der Waals surface area contributed by atoms with Crippen LogP contribution in [0.25, 0.3) is 21.3 Å². The molecule has 0 radical (unpaired) electrons. The molecule has 1 aliphatic heterocycles. The number of aromatic nitrogens is 3. The Morgan fingerprint density at radius 3 is 2.61 bits per heavy atom. The molecule has 1 amide bonds. The van der Waals surface area contributed by atoms with Gasteiger partial charge in [0.2, 0.25) is 0 Å². The van der Waals surface area contributed by atoms with Crippen molar-refractivity contribution >= 4 is 55.4 Å². The number of piperazine rings is 1. The van der Waals surface area contributed by atoms with Crippen LogP contribution in [0.4, 0.5) is 5.13 Å². The standard InChI is InChI=1S/C20H19N5OS2/c1-2-13-3-5-16-18(11-13)27-20(21-16)25-9-7-24(8-10-25)19(26)14-4-6-15-17(12-14)23-28-22-15/h3-6,11-12H,2,7-10H2,1H3. The number of hydrogen-bond donors (Lipinski definition) is 0. The number of amides is 1. The summed E-state index contributed by atoms with van der Waals surface area (Å²) in [5.41, 5.74) is 4.70. The third kappa shape index (κ3) is 3.12. The number of anilines is 1. The predicted octanol–water partition coefficient (Wildman–Crippen LogP) is 3.83. The van der Waals surface area contributed by atoms with Crippen molar-refractivity contribution in [1.82, 2.24) is 18.6 Å². The molecule has 0 atom stereocenters. The third-order valence-electron chi connectivity index (χ3n) is 5.19. The van der Waals surface area contributed by atoms with Gasteiger partial charge in [0.25, 0.3) is 5.91 Å². The summed E-state index contributed by atoms with van der Waals surface area (Å²) < 4.78 is 9.67. The zero-order valence-electron chi connectivity index (χ0n) is 15.5. The summed E-state index contributed by atoms with van der Waals surface area (Å²) in [6, 6.07) is 12.0. The van der Waals surface area contributed by atoms with E-state index in [1.54, 1.807) is 11.3 Å². The van der Waals surface area contributed by atoms with Crippen LogP contribution >= 0.6 is 23.1 Å². The molecule has 8 heteroatoms. The summed E-state index contributed by atoms with van der Waals surface area (Å²) in [6.45, 7) is 5.16. The molecule has 6 nitrogen and oxygen atoms in total. The lowest BCUT2D eigenvalue weighted by molar-refractivity contribution is 0.0747. The van der Waals surface area contributed by atoms with Crippen LogP contribution in [0.3, 0.4) is 0 Å². The Hall–Kier alpha value is -2.58. The predicted molar refractivity (Wildman–Crippen MR) is 115 cm³/mol. The Labute approximate surface area is 170 Å². The van der Waals surface area contributed by atoms with Gasteiger partial charge in [0.15, 0.2) is 5.13 Å². The minimum Gasteiger partial charge on any atom is -0.345 e. The van der Waals surface area contributed by atoms with Gasteiger partial charge in [-0.05, 0) is 42.3 Å². The lowest BCUT2D eigenvalue weighted by Crippen LogP contribution is -2.48. The number of thiazole rings is 1. The maximum absolute atomic E-state index is 12.9. The van der Waals surface area contributed by atoms with Crippen LogP contribution in [0.5, 0.6) is 0 Å². The van der Waals surface area contributed by atoms with Gasteiger partial charge in [-0.25, -0.2) is 4.98 Å². The van der Waals surface area contributed by atoms with E-state index in [1.165, 1.54) is 22.0 Å². The number of carbonyl (C=O) groups excluding carboxylic acids is 1. The van der Waals surface area contributed by atoms with Crippen molar-refractivity contribution in [2.75, 3.05) is 31.1 Å². The molecule has 0 saturated carbocycles. The molecule has 3 heterocycles. The molecule has 2 aromatic carbocycles. The van der Waals surface area contributed by atoms with Gasteiger partial charge in [0, 0.05) is 31.7 Å². The van der Waals surface area contributed by atoms with E-state index in [0.717, 1.165) is 41.2 Å². The van der Waals surface area contributed by atoms with E-state index < -0.39 is 0 Å². The highest BCUT2D eigenvalue weighted by Crippen LogP contribution is 2.30. The molecule has 0 N–H and O–H groups in total. The summed E-state index contributed by atoms with van der Waals surface area (Å²) in [6.07, 6.45) is 1.03. The Morgan fingerprint density at radius 1 is 1.00 bits per heavy atom. The highest BCUT2D eigenvalue weighted by molar-refractivity contribution is 7.22. The highest BCUT2D eigenvalue weighted by Gasteiger charge is 2.24. The van der Waals surface area contributed by atoms with Crippen LogP contribution in [0.15, 0.2) is 36.4 Å². The average Bonchev–Trinajstić information content (AvgIpc) is 3.38. The van der Waals surface area contributed by atoms with Gasteiger partial charge < -0.3 is 9.80 Å². The fourth-order valence-corrected chi connectivity index (χ4v) is 5.11. The molecule has 4 aromatic rings. The fourth-order valence-electron chi connectivity index (χ4n) is 3.51. The second kappa shape index (κ2) is 7.10. The molecule has 0 unspecified atom stereocenters. The van der Waals surface area contributed by atoms with Gasteiger partial charge in [-0.1, -0.05) is 24.3 Å². The summed E-state index contributed by atoms with van der Waals surface area (Å²) in [5.74, 6) is 0.0615. The van der Waals surface area contributed by atoms with Gasteiger partial charge in [-0.3, -0.25) is 4.79 Å². The zero-order chi connectivity index (χ0) is 19.1. The normalized spacial score (nSPS) is 14.9. The molecule has 1 fully saturated rings. The van der Waals surface area contributed by atoms with Gasteiger partial charge in [0.05, 0.1) is 21.9 Å². The smallest absolute Gasteiger partial charge is 0.254 e. The first kappa shape index (κ1) is 17.5. The molecule has 0 spiro atoms. The monoisotopic (exact) mass is 409 g/mol. The Balaban J connectivity index is 1.29. The first-order valence-corrected chi connectivity index (χ1v) is 10.9. The molecule has 1 aliphatic rings. The Morgan fingerprint density at radius 2 is 1.79 bits per heavy atom. The first-order chi connectivity index (χ1) is 13.7. The SMILES string of the molecule is CCc1ccc2nc(N3CCN(C(=O)c4ccc5nsnc5c4)CC3)sc2c1. The van der Waals surface area contributed by atoms with E-state index in [4.69, 9.17) is 4.98 Å². The fraction of sp³-hybridized carbons (Fsp3) is 0.300. The Bertz CT molecular complexity index is 1160. The first-order valence-electron chi connectivity index (χ1n) is 9.37. The number of rotatable bonds is 3. The van der Waals surface area contributed by atoms with Crippen LogP contribution in [0.1, 0.15) is 22.8 Å². The number of hydrogen-bond acceptors (Lipinski definition) is 7. The van der Waals surface area contributed by atoms with Crippen molar-refractivity contribution in [1.29, 1.82) is 0 Å². The highest BCUT2D eigenvalue weighted by atomic mass is 32.1. The van der Waals surface area contributed by atoms with E-state index in [2.05, 4.69) is 38.8 Å². The van der Waals surface area contributed by atoms with Gasteiger partial charge in [-0.15, -0.1) is 0 Å². The molecular weight excluding hydrogens is 390 g/mol. The molecule has 2 aromatic heterocycles. The van der Waals surface area contributed by atoms with Crippen LogP contribution in [-0.2, 0) is 6.42 Å². The van der Waals surface area contributed by atoms with Gasteiger partial charge in [-0.2, -0.15) is 8.75 Å². The molecule has 5 rings (SSSR count). The summed E-state index contributed by atoms with van der Waals surface area (Å²) in [5, 5.41) is 1.05. The van der Waals surface area contributed by atoms with E-state index >= 15 is 0 Å². The summed E-state index contributed by atoms with van der Waals surface area (Å²) in [4.78, 5) is 21.9. The second-order valence-corrected chi connectivity index (χ2v) is 8.44. The quantitative estimate of drug-likeness (QED) is 0.515. The van der Waals surface area contributed by atoms with E-state index in [1.807, 2.05) is 23.1 Å². The third-order valence-corrected chi connectivity index (χ3v) is 6.82. The van der Waals surface area contributed by atoms with E-state index in [-0.39, 0.29) is 5.91 Å². The minimum atomic E-state index is 0.0615. The van der Waals surface area contributed by atoms with Crippen LogP contribution in [0, 0.1) is 0 Å². The van der Waals surface area contributed by atoms with Gasteiger partial charge >= 0.3 is 0 Å². The number of fused-ring (bicyclic) bond motifs is 2. The lowest BCUT2D eigenvalue weighted by atomic mass is 10.1. The largest absolute Gasteiger partial charge is 0.345 e. The number of benzene rings is 2. The van der Waals surface area contributed by atoms with Crippen molar-refractivity contribution in [3.05, 3.63) is 47.5 Å². The molecule has 0 bridgehead atoms. The number of aryl methyl sites for hydroxylation is 1. The topological polar surface area (TPSA) is 62.2 Å². The maximum Gasteiger partial charge on any atom is 0.254 e. The average molecular weight is 410 g/mol. The zero-order valence-corrected chi connectivity index (χ0v) is 17.1.